The number of ether oxygens (including phenoxy) is 1. The molecule has 0 N–H and O–H groups in total. The molecule has 0 fully saturated rings. The Morgan fingerprint density at radius 3 is 2.48 bits per heavy atom. The van der Waals surface area contributed by atoms with Crippen LogP contribution in [0.15, 0.2) is 42.5 Å². The van der Waals surface area contributed by atoms with Crippen molar-refractivity contribution < 1.29 is 9.53 Å². The fourth-order valence-electron chi connectivity index (χ4n) is 2.03. The summed E-state index contributed by atoms with van der Waals surface area (Å²) in [5.74, 6) is 0.202. The Bertz CT molecular complexity index is 751. The van der Waals surface area contributed by atoms with Crippen molar-refractivity contribution in [2.45, 2.75) is 13.0 Å². The zero-order valence-corrected chi connectivity index (χ0v) is 14.1. The van der Waals surface area contributed by atoms with E-state index in [1.165, 1.54) is 4.90 Å². The molecular weight excluding hydrogens is 335 g/mol. The molecular formula is C17H14Cl2N2O2. The molecule has 2 aromatic rings. The van der Waals surface area contributed by atoms with Gasteiger partial charge in [-0.25, -0.2) is 0 Å². The van der Waals surface area contributed by atoms with Crippen molar-refractivity contribution in [1.29, 1.82) is 5.26 Å². The predicted molar refractivity (Wildman–Crippen MR) is 91.1 cm³/mol. The van der Waals surface area contributed by atoms with E-state index in [1.807, 2.05) is 6.07 Å². The van der Waals surface area contributed by atoms with Gasteiger partial charge in [0.25, 0.3) is 5.91 Å². The molecule has 1 amide bonds. The molecule has 23 heavy (non-hydrogen) atoms. The highest BCUT2D eigenvalue weighted by molar-refractivity contribution is 6.35. The molecule has 0 bridgehead atoms. The molecule has 0 heterocycles. The number of carbonyl (C=O) groups is 1. The largest absolute Gasteiger partial charge is 0.481 e. The van der Waals surface area contributed by atoms with Crippen LogP contribution in [0.5, 0.6) is 5.75 Å². The highest BCUT2D eigenvalue weighted by Crippen LogP contribution is 2.25. The van der Waals surface area contributed by atoms with Crippen molar-refractivity contribution in [3.8, 4) is 11.8 Å². The number of halogens is 2. The molecule has 2 rings (SSSR count). The van der Waals surface area contributed by atoms with Gasteiger partial charge in [0.15, 0.2) is 6.10 Å². The van der Waals surface area contributed by atoms with E-state index in [4.69, 9.17) is 33.2 Å². The summed E-state index contributed by atoms with van der Waals surface area (Å²) in [5, 5.41) is 9.78. The van der Waals surface area contributed by atoms with E-state index in [0.29, 0.717) is 27.0 Å². The van der Waals surface area contributed by atoms with Crippen molar-refractivity contribution in [2.75, 3.05) is 11.9 Å². The first-order valence-electron chi connectivity index (χ1n) is 6.81. The Balaban J connectivity index is 2.13. The summed E-state index contributed by atoms with van der Waals surface area (Å²) in [5.41, 5.74) is 1.05. The van der Waals surface area contributed by atoms with Crippen molar-refractivity contribution in [3.63, 3.8) is 0 Å². The number of amides is 1. The van der Waals surface area contributed by atoms with Gasteiger partial charge < -0.3 is 9.64 Å². The Labute approximate surface area is 144 Å². The first-order chi connectivity index (χ1) is 10.9. The lowest BCUT2D eigenvalue weighted by atomic mass is 10.2. The maximum atomic E-state index is 12.5. The first-order valence-corrected chi connectivity index (χ1v) is 7.57. The van der Waals surface area contributed by atoms with Crippen LogP contribution in [-0.4, -0.2) is 19.1 Å². The number of carbonyl (C=O) groups excluding carboxylic acids is 1. The highest BCUT2D eigenvalue weighted by Gasteiger charge is 2.21. The van der Waals surface area contributed by atoms with E-state index in [0.717, 1.165) is 0 Å². The molecule has 0 saturated carbocycles. The maximum Gasteiger partial charge on any atom is 0.267 e. The van der Waals surface area contributed by atoms with Gasteiger partial charge >= 0.3 is 0 Å². The minimum absolute atomic E-state index is 0.259. The van der Waals surface area contributed by atoms with Crippen LogP contribution in [0.3, 0.4) is 0 Å². The lowest BCUT2D eigenvalue weighted by Gasteiger charge is -2.22. The molecule has 0 saturated heterocycles. The second-order valence-electron chi connectivity index (χ2n) is 4.92. The first kappa shape index (κ1) is 17.1. The number of likely N-dealkylation sites (N-methyl/N-ethyl adjacent to an activating group) is 1. The molecule has 1 unspecified atom stereocenters. The van der Waals surface area contributed by atoms with Gasteiger partial charge in [-0.1, -0.05) is 29.3 Å². The number of nitrogens with zero attached hydrogens (tertiary/aromatic N) is 2. The number of nitriles is 1. The van der Waals surface area contributed by atoms with Gasteiger partial charge in [0.2, 0.25) is 0 Å². The minimum Gasteiger partial charge on any atom is -0.481 e. The van der Waals surface area contributed by atoms with Gasteiger partial charge in [-0.05, 0) is 43.3 Å². The van der Waals surface area contributed by atoms with Gasteiger partial charge in [-0.15, -0.1) is 0 Å². The van der Waals surface area contributed by atoms with Crippen LogP contribution in [-0.2, 0) is 4.79 Å². The molecule has 0 aliphatic rings. The fraction of sp³-hybridized carbons (Fsp3) is 0.176. The molecule has 6 heteroatoms. The Kier molecular flexibility index (Phi) is 5.49. The topological polar surface area (TPSA) is 53.3 Å². The molecule has 118 valence electrons. The quantitative estimate of drug-likeness (QED) is 0.827. The summed E-state index contributed by atoms with van der Waals surface area (Å²) >= 11 is 11.9. The van der Waals surface area contributed by atoms with Crippen LogP contribution in [0.4, 0.5) is 5.69 Å². The van der Waals surface area contributed by atoms with Gasteiger partial charge in [0.05, 0.1) is 11.6 Å². The van der Waals surface area contributed by atoms with Gasteiger partial charge in [-0.2, -0.15) is 5.26 Å². The second-order valence-corrected chi connectivity index (χ2v) is 5.80. The fourth-order valence-corrected chi connectivity index (χ4v) is 2.54. The van der Waals surface area contributed by atoms with Gasteiger partial charge in [-0.3, -0.25) is 4.79 Å². The van der Waals surface area contributed by atoms with E-state index >= 15 is 0 Å². The molecule has 1 atom stereocenters. The van der Waals surface area contributed by atoms with Crippen LogP contribution < -0.4 is 9.64 Å². The average Bonchev–Trinajstić information content (AvgIpc) is 2.52. The van der Waals surface area contributed by atoms with E-state index in [9.17, 15) is 4.79 Å². The van der Waals surface area contributed by atoms with Crippen LogP contribution >= 0.6 is 23.2 Å². The van der Waals surface area contributed by atoms with Crippen LogP contribution in [0.25, 0.3) is 0 Å². The van der Waals surface area contributed by atoms with Crippen LogP contribution in [0.2, 0.25) is 10.0 Å². The minimum atomic E-state index is -0.730. The summed E-state index contributed by atoms with van der Waals surface area (Å²) in [7, 11) is 1.62. The molecule has 2 aromatic carbocycles. The number of rotatable bonds is 4. The normalized spacial score (nSPS) is 11.4. The Morgan fingerprint density at radius 2 is 1.87 bits per heavy atom. The third-order valence-electron chi connectivity index (χ3n) is 3.19. The summed E-state index contributed by atoms with van der Waals surface area (Å²) in [6.45, 7) is 1.64. The molecule has 0 aliphatic carbocycles. The number of anilines is 1. The zero-order chi connectivity index (χ0) is 17.0. The lowest BCUT2D eigenvalue weighted by molar-refractivity contribution is -0.124. The number of benzene rings is 2. The lowest BCUT2D eigenvalue weighted by Crippen LogP contribution is -2.38. The van der Waals surface area contributed by atoms with Crippen LogP contribution in [0.1, 0.15) is 12.5 Å². The second kappa shape index (κ2) is 7.36. The number of hydrogen-bond donors (Lipinski definition) is 0. The van der Waals surface area contributed by atoms with E-state index in [2.05, 4.69) is 0 Å². The Hall–Kier alpha value is -2.22. The summed E-state index contributed by atoms with van der Waals surface area (Å²) < 4.78 is 5.61. The van der Waals surface area contributed by atoms with Gasteiger partial charge in [0, 0.05) is 22.8 Å². The van der Waals surface area contributed by atoms with Crippen molar-refractivity contribution in [2.24, 2.45) is 0 Å². The summed E-state index contributed by atoms with van der Waals surface area (Å²) in [6, 6.07) is 13.6. The Morgan fingerprint density at radius 1 is 1.22 bits per heavy atom. The van der Waals surface area contributed by atoms with E-state index in [1.54, 1.807) is 56.4 Å². The molecule has 0 radical (unpaired) electrons. The summed E-state index contributed by atoms with van der Waals surface area (Å²) in [4.78, 5) is 13.9. The third kappa shape index (κ3) is 4.38. The predicted octanol–water partition coefficient (Wildman–Crippen LogP) is 4.30. The molecule has 0 aromatic heterocycles. The number of hydrogen-bond acceptors (Lipinski definition) is 3. The van der Waals surface area contributed by atoms with Crippen LogP contribution in [0, 0.1) is 11.3 Å². The smallest absolute Gasteiger partial charge is 0.267 e. The van der Waals surface area contributed by atoms with E-state index < -0.39 is 6.10 Å². The average molecular weight is 349 g/mol. The third-order valence-corrected chi connectivity index (χ3v) is 3.63. The van der Waals surface area contributed by atoms with Crippen molar-refractivity contribution >= 4 is 34.8 Å². The SMILES string of the molecule is CC(Oc1cccc(C#N)c1)C(=O)N(C)c1cc(Cl)cc(Cl)c1. The molecule has 0 aliphatic heterocycles. The maximum absolute atomic E-state index is 12.5. The molecule has 0 spiro atoms. The van der Waals surface area contributed by atoms with Gasteiger partial charge in [0.1, 0.15) is 5.75 Å². The van der Waals surface area contributed by atoms with Crippen molar-refractivity contribution in [3.05, 3.63) is 58.1 Å². The summed E-state index contributed by atoms with van der Waals surface area (Å²) in [6.07, 6.45) is -0.730. The van der Waals surface area contributed by atoms with E-state index in [-0.39, 0.29) is 5.91 Å². The monoisotopic (exact) mass is 348 g/mol. The highest BCUT2D eigenvalue weighted by atomic mass is 35.5. The van der Waals surface area contributed by atoms with Crippen molar-refractivity contribution in [1.82, 2.24) is 0 Å². The standard InChI is InChI=1S/C17H14Cl2N2O2/c1-11(23-16-5-3-4-12(6-16)10-20)17(22)21(2)15-8-13(18)7-14(19)9-15/h3-9,11H,1-2H3. The zero-order valence-electron chi connectivity index (χ0n) is 12.6. The molecule has 4 nitrogen and oxygen atoms in total.